The minimum absolute atomic E-state index is 0.333. The second-order valence-corrected chi connectivity index (χ2v) is 4.61. The highest BCUT2D eigenvalue weighted by atomic mass is 16.2. The minimum atomic E-state index is -0.675. The van der Waals surface area contributed by atoms with Crippen molar-refractivity contribution in [1.82, 2.24) is 20.0 Å². The molecule has 0 aliphatic carbocycles. The molecule has 2 heterocycles. The van der Waals surface area contributed by atoms with Gasteiger partial charge >= 0.3 is 23.6 Å². The van der Waals surface area contributed by atoms with Gasteiger partial charge in [0.05, 0.1) is 0 Å². The molecule has 1 N–H and O–H groups in total. The molecule has 19 heavy (non-hydrogen) atoms. The van der Waals surface area contributed by atoms with Crippen molar-refractivity contribution in [3.63, 3.8) is 0 Å². The number of hydrogen-bond donors (Lipinski definition) is 1. The first-order valence-electron chi connectivity index (χ1n) is 6.08. The number of likely N-dealkylation sites (N-methyl/N-ethyl adjacent to an activating group) is 1. The maximum absolute atomic E-state index is 11.9. The molecule has 0 aromatic carbocycles. The Morgan fingerprint density at radius 3 is 2.26 bits per heavy atom. The molecular weight excluding hydrogens is 252 g/mol. The Morgan fingerprint density at radius 1 is 0.947 bits per heavy atom. The second kappa shape index (κ2) is 4.87. The summed E-state index contributed by atoms with van der Waals surface area (Å²) in [5.74, 6) is -2.57. The fraction of sp³-hybridized carbons (Fsp3) is 0.636. The smallest absolute Gasteiger partial charge is 0.313 e. The maximum Gasteiger partial charge on any atom is 0.313 e. The highest BCUT2D eigenvalue weighted by Crippen LogP contribution is 2.13. The van der Waals surface area contributed by atoms with Gasteiger partial charge in [0.2, 0.25) is 0 Å². The van der Waals surface area contributed by atoms with Crippen LogP contribution in [0.2, 0.25) is 0 Å². The van der Waals surface area contributed by atoms with Crippen molar-refractivity contribution in [2.75, 3.05) is 33.2 Å². The van der Waals surface area contributed by atoms with Crippen LogP contribution in [0.25, 0.3) is 0 Å². The summed E-state index contributed by atoms with van der Waals surface area (Å²) >= 11 is 0. The summed E-state index contributed by atoms with van der Waals surface area (Å²) in [4.78, 5) is 50.6. The monoisotopic (exact) mass is 268 g/mol. The van der Waals surface area contributed by atoms with Crippen LogP contribution in [-0.4, -0.2) is 77.7 Å². The average Bonchev–Trinajstić information content (AvgIpc) is 2.39. The van der Waals surface area contributed by atoms with Gasteiger partial charge in [0.15, 0.2) is 0 Å². The number of nitrogens with one attached hydrogen (secondary N) is 1. The zero-order valence-corrected chi connectivity index (χ0v) is 10.9. The molecule has 4 amide bonds. The highest BCUT2D eigenvalue weighted by Gasteiger charge is 2.38. The Morgan fingerprint density at radius 2 is 1.58 bits per heavy atom. The molecule has 2 aliphatic rings. The molecule has 8 nitrogen and oxygen atoms in total. The van der Waals surface area contributed by atoms with E-state index >= 15 is 0 Å². The van der Waals surface area contributed by atoms with Gasteiger partial charge in [0.1, 0.15) is 6.17 Å². The molecule has 2 rings (SSSR count). The SMILES string of the molecule is CC(N1CCNC(=O)C1=O)N1CCN(C)C(=O)C1=O. The van der Waals surface area contributed by atoms with Crippen LogP contribution in [-0.2, 0) is 19.2 Å². The third-order valence-corrected chi connectivity index (χ3v) is 3.46. The summed E-state index contributed by atoms with van der Waals surface area (Å²) < 4.78 is 0. The van der Waals surface area contributed by atoms with Crippen molar-refractivity contribution in [2.24, 2.45) is 0 Å². The van der Waals surface area contributed by atoms with Crippen molar-refractivity contribution in [1.29, 1.82) is 0 Å². The van der Waals surface area contributed by atoms with Crippen LogP contribution in [0.5, 0.6) is 0 Å². The number of rotatable bonds is 2. The van der Waals surface area contributed by atoms with Crippen LogP contribution < -0.4 is 5.32 Å². The zero-order valence-electron chi connectivity index (χ0n) is 10.9. The van der Waals surface area contributed by atoms with Gasteiger partial charge in [-0.15, -0.1) is 0 Å². The molecule has 1 atom stereocenters. The third kappa shape index (κ3) is 2.25. The summed E-state index contributed by atoms with van der Waals surface area (Å²) in [6, 6.07) is 0. The molecule has 0 radical (unpaired) electrons. The van der Waals surface area contributed by atoms with Crippen molar-refractivity contribution in [2.45, 2.75) is 13.1 Å². The topological polar surface area (TPSA) is 90.0 Å². The largest absolute Gasteiger partial charge is 0.346 e. The van der Waals surface area contributed by atoms with E-state index in [0.717, 1.165) is 0 Å². The molecule has 2 saturated heterocycles. The van der Waals surface area contributed by atoms with Gasteiger partial charge in [-0.2, -0.15) is 0 Å². The molecule has 1 unspecified atom stereocenters. The number of carbonyl (C=O) groups is 4. The zero-order chi connectivity index (χ0) is 14.2. The van der Waals surface area contributed by atoms with Crippen LogP contribution in [0.15, 0.2) is 0 Å². The van der Waals surface area contributed by atoms with Crippen molar-refractivity contribution < 1.29 is 19.2 Å². The first kappa shape index (κ1) is 13.3. The van der Waals surface area contributed by atoms with E-state index < -0.39 is 29.8 Å². The molecule has 8 heteroatoms. The highest BCUT2D eigenvalue weighted by molar-refractivity contribution is 6.36. The molecule has 0 bridgehead atoms. The minimum Gasteiger partial charge on any atom is -0.346 e. The van der Waals surface area contributed by atoms with E-state index in [1.54, 1.807) is 14.0 Å². The first-order valence-corrected chi connectivity index (χ1v) is 6.08. The lowest BCUT2D eigenvalue weighted by Gasteiger charge is -2.41. The fourth-order valence-corrected chi connectivity index (χ4v) is 2.23. The lowest BCUT2D eigenvalue weighted by Crippen LogP contribution is -2.64. The van der Waals surface area contributed by atoms with Gasteiger partial charge in [-0.25, -0.2) is 0 Å². The summed E-state index contributed by atoms with van der Waals surface area (Å²) in [7, 11) is 1.56. The quantitative estimate of drug-likeness (QED) is 0.565. The average molecular weight is 268 g/mol. The summed E-state index contributed by atoms with van der Waals surface area (Å²) in [6.45, 7) is 3.11. The molecule has 2 aliphatic heterocycles. The molecule has 0 spiro atoms. The van der Waals surface area contributed by atoms with E-state index in [1.807, 2.05) is 0 Å². The lowest BCUT2D eigenvalue weighted by molar-refractivity contribution is -0.164. The number of hydrogen-bond acceptors (Lipinski definition) is 4. The van der Waals surface area contributed by atoms with Crippen LogP contribution in [0, 0.1) is 0 Å². The van der Waals surface area contributed by atoms with Gasteiger partial charge in [0, 0.05) is 33.2 Å². The number of piperazine rings is 2. The molecule has 104 valence electrons. The van der Waals surface area contributed by atoms with Gasteiger partial charge < -0.3 is 20.0 Å². The van der Waals surface area contributed by atoms with Crippen LogP contribution >= 0.6 is 0 Å². The Labute approximate surface area is 110 Å². The molecule has 2 fully saturated rings. The van der Waals surface area contributed by atoms with E-state index in [9.17, 15) is 19.2 Å². The molecule has 0 aromatic heterocycles. The van der Waals surface area contributed by atoms with E-state index in [1.165, 1.54) is 14.7 Å². The van der Waals surface area contributed by atoms with Gasteiger partial charge in [-0.3, -0.25) is 19.2 Å². The van der Waals surface area contributed by atoms with Crippen molar-refractivity contribution in [3.05, 3.63) is 0 Å². The summed E-state index contributed by atoms with van der Waals surface area (Å²) in [6.07, 6.45) is -0.594. The standard InChI is InChI=1S/C11H16N4O4/c1-7(14-4-3-12-8(16)9(14)17)15-6-5-13(2)10(18)11(15)19/h7H,3-6H2,1-2H3,(H,12,16). The van der Waals surface area contributed by atoms with Gasteiger partial charge in [-0.05, 0) is 6.92 Å². The summed E-state index contributed by atoms with van der Waals surface area (Å²) in [5.41, 5.74) is 0. The van der Waals surface area contributed by atoms with Gasteiger partial charge in [0.25, 0.3) is 0 Å². The van der Waals surface area contributed by atoms with Crippen LogP contribution in [0.3, 0.4) is 0 Å². The summed E-state index contributed by atoms with van der Waals surface area (Å²) in [5, 5.41) is 2.44. The Bertz CT molecular complexity index is 450. The van der Waals surface area contributed by atoms with Crippen molar-refractivity contribution >= 4 is 23.6 Å². The molecule has 0 aromatic rings. The third-order valence-electron chi connectivity index (χ3n) is 3.46. The number of amides is 4. The van der Waals surface area contributed by atoms with Crippen LogP contribution in [0.1, 0.15) is 6.92 Å². The number of carbonyl (C=O) groups excluding carboxylic acids is 4. The molecule has 0 saturated carbocycles. The lowest BCUT2D eigenvalue weighted by atomic mass is 10.2. The molecular formula is C11H16N4O4. The normalized spacial score (nSPS) is 22.7. The Balaban J connectivity index is 2.13. The van der Waals surface area contributed by atoms with E-state index in [2.05, 4.69) is 5.32 Å². The first-order chi connectivity index (χ1) is 8.93. The van der Waals surface area contributed by atoms with Crippen LogP contribution in [0.4, 0.5) is 0 Å². The maximum atomic E-state index is 11.9. The number of nitrogens with zero attached hydrogens (tertiary/aromatic N) is 3. The predicted molar refractivity (Wildman–Crippen MR) is 63.5 cm³/mol. The van der Waals surface area contributed by atoms with Gasteiger partial charge in [-0.1, -0.05) is 0 Å². The fourth-order valence-electron chi connectivity index (χ4n) is 2.23. The second-order valence-electron chi connectivity index (χ2n) is 4.61. The van der Waals surface area contributed by atoms with Crippen molar-refractivity contribution in [3.8, 4) is 0 Å². The van der Waals surface area contributed by atoms with E-state index in [0.29, 0.717) is 26.2 Å². The Hall–Kier alpha value is -2.12. The predicted octanol–water partition coefficient (Wildman–Crippen LogP) is -2.41. The van der Waals surface area contributed by atoms with E-state index in [-0.39, 0.29) is 0 Å². The van der Waals surface area contributed by atoms with E-state index in [4.69, 9.17) is 0 Å². The Kier molecular flexibility index (Phi) is 3.41.